The Morgan fingerprint density at radius 1 is 1.27 bits per heavy atom. The molecule has 4 nitrogen and oxygen atoms in total. The molecule has 0 heterocycles. The number of primary amides is 1. The third-order valence-electron chi connectivity index (χ3n) is 3.21. The molecule has 0 atom stereocenters. The Labute approximate surface area is 126 Å². The van der Waals surface area contributed by atoms with E-state index in [2.05, 4.69) is 5.32 Å². The fourth-order valence-corrected chi connectivity index (χ4v) is 2.18. The number of amides is 1. The highest BCUT2D eigenvalue weighted by atomic mass is 19.1. The number of ether oxygens (including phenoxy) is 1. The highest BCUT2D eigenvalue weighted by Gasteiger charge is 2.12. The summed E-state index contributed by atoms with van der Waals surface area (Å²) in [5, 5.41) is 2.97. The van der Waals surface area contributed by atoms with Crippen LogP contribution in [0.5, 0.6) is 5.75 Å². The molecule has 0 bridgehead atoms. The van der Waals surface area contributed by atoms with Crippen molar-refractivity contribution in [1.29, 1.82) is 0 Å². The van der Waals surface area contributed by atoms with Crippen LogP contribution in [-0.4, -0.2) is 19.6 Å². The summed E-state index contributed by atoms with van der Waals surface area (Å²) in [4.78, 5) is 11.5. The molecule has 0 saturated carbocycles. The van der Waals surface area contributed by atoms with Gasteiger partial charge in [-0.3, -0.25) is 4.79 Å². The lowest BCUT2D eigenvalue weighted by Crippen LogP contribution is -2.16. The third-order valence-corrected chi connectivity index (χ3v) is 3.21. The molecule has 116 valence electrons. The van der Waals surface area contributed by atoms with Gasteiger partial charge in [0.1, 0.15) is 5.82 Å². The van der Waals surface area contributed by atoms with Crippen molar-refractivity contribution in [2.45, 2.75) is 6.42 Å². The molecule has 0 radical (unpaired) electrons. The predicted octanol–water partition coefficient (Wildman–Crippen LogP) is 2.73. The first-order chi connectivity index (χ1) is 10.5. The van der Waals surface area contributed by atoms with Crippen LogP contribution in [-0.2, 0) is 6.42 Å². The zero-order valence-electron chi connectivity index (χ0n) is 12.0. The van der Waals surface area contributed by atoms with Gasteiger partial charge in [-0.15, -0.1) is 0 Å². The Morgan fingerprint density at radius 3 is 2.68 bits per heavy atom. The van der Waals surface area contributed by atoms with E-state index in [-0.39, 0.29) is 12.4 Å². The summed E-state index contributed by atoms with van der Waals surface area (Å²) >= 11 is 0. The fraction of sp³-hybridized carbons (Fsp3) is 0.188. The summed E-state index contributed by atoms with van der Waals surface area (Å²) in [6.45, 7) is 0.127. The van der Waals surface area contributed by atoms with Crippen molar-refractivity contribution in [3.05, 3.63) is 59.2 Å². The monoisotopic (exact) mass is 306 g/mol. The second-order valence-electron chi connectivity index (χ2n) is 4.62. The van der Waals surface area contributed by atoms with E-state index >= 15 is 0 Å². The van der Waals surface area contributed by atoms with E-state index in [0.29, 0.717) is 17.5 Å². The molecule has 3 N–H and O–H groups in total. The molecule has 1 amide bonds. The van der Waals surface area contributed by atoms with Crippen LogP contribution < -0.4 is 15.8 Å². The molecular weight excluding hydrogens is 290 g/mol. The molecule has 2 aromatic rings. The van der Waals surface area contributed by atoms with Gasteiger partial charge in [-0.1, -0.05) is 6.07 Å². The van der Waals surface area contributed by atoms with Crippen molar-refractivity contribution >= 4 is 11.6 Å². The number of benzene rings is 2. The lowest BCUT2D eigenvalue weighted by Gasteiger charge is -2.13. The average Bonchev–Trinajstić information content (AvgIpc) is 2.49. The predicted molar refractivity (Wildman–Crippen MR) is 80.1 cm³/mol. The van der Waals surface area contributed by atoms with E-state index < -0.39 is 17.5 Å². The summed E-state index contributed by atoms with van der Waals surface area (Å²) in [6, 6.07) is 8.25. The lowest BCUT2D eigenvalue weighted by atomic mass is 10.0. The van der Waals surface area contributed by atoms with Crippen LogP contribution in [0.25, 0.3) is 0 Å². The summed E-state index contributed by atoms with van der Waals surface area (Å²) in [5.41, 5.74) is 7.18. The maximum Gasteiger partial charge on any atom is 0.249 e. The zero-order chi connectivity index (χ0) is 16.1. The quantitative estimate of drug-likeness (QED) is 0.862. The van der Waals surface area contributed by atoms with Crippen molar-refractivity contribution in [1.82, 2.24) is 0 Å². The van der Waals surface area contributed by atoms with Gasteiger partial charge in [0.25, 0.3) is 0 Å². The standard InChI is InChI=1S/C16H16F2N2O2/c1-20-14-4-2-3-12(16(19)21)11(14)7-8-22-15-6-5-10(17)9-13(15)18/h2-6,9,20H,7-8H2,1H3,(H2,19,21). The van der Waals surface area contributed by atoms with Crippen molar-refractivity contribution < 1.29 is 18.3 Å². The van der Waals surface area contributed by atoms with Crippen molar-refractivity contribution in [2.75, 3.05) is 19.0 Å². The number of carbonyl (C=O) groups excluding carboxylic acids is 1. The van der Waals surface area contributed by atoms with Gasteiger partial charge >= 0.3 is 0 Å². The number of nitrogens with two attached hydrogens (primary N) is 1. The van der Waals surface area contributed by atoms with Crippen molar-refractivity contribution in [2.24, 2.45) is 5.73 Å². The number of hydrogen-bond donors (Lipinski definition) is 2. The molecule has 0 saturated heterocycles. The largest absolute Gasteiger partial charge is 0.490 e. The summed E-state index contributed by atoms with van der Waals surface area (Å²) in [7, 11) is 1.73. The first kappa shape index (κ1) is 15.8. The van der Waals surface area contributed by atoms with Gasteiger partial charge in [-0.2, -0.15) is 0 Å². The normalized spacial score (nSPS) is 10.3. The summed E-state index contributed by atoms with van der Waals surface area (Å²) in [6.07, 6.45) is 0.353. The van der Waals surface area contributed by atoms with E-state index in [1.54, 1.807) is 25.2 Å². The Morgan fingerprint density at radius 2 is 2.05 bits per heavy atom. The van der Waals surface area contributed by atoms with Crippen LogP contribution in [0.3, 0.4) is 0 Å². The molecule has 0 aliphatic carbocycles. The minimum absolute atomic E-state index is 0.0380. The highest BCUT2D eigenvalue weighted by molar-refractivity contribution is 5.95. The minimum atomic E-state index is -0.767. The Balaban J connectivity index is 2.13. The lowest BCUT2D eigenvalue weighted by molar-refractivity contribution is 0.0999. The van der Waals surface area contributed by atoms with Crippen LogP contribution in [0, 0.1) is 11.6 Å². The number of rotatable bonds is 6. The molecule has 22 heavy (non-hydrogen) atoms. The molecule has 0 aliphatic rings. The van der Waals surface area contributed by atoms with Gasteiger partial charge in [0, 0.05) is 30.8 Å². The molecule has 2 rings (SSSR count). The third kappa shape index (κ3) is 3.52. The maximum atomic E-state index is 13.5. The average molecular weight is 306 g/mol. The number of hydrogen-bond acceptors (Lipinski definition) is 3. The van der Waals surface area contributed by atoms with Crippen molar-refractivity contribution in [3.63, 3.8) is 0 Å². The van der Waals surface area contributed by atoms with Crippen LogP contribution in [0.2, 0.25) is 0 Å². The molecule has 0 aromatic heterocycles. The van der Waals surface area contributed by atoms with E-state index in [1.165, 1.54) is 6.07 Å². The van der Waals surface area contributed by atoms with E-state index in [1.807, 2.05) is 0 Å². The Hall–Kier alpha value is -2.63. The topological polar surface area (TPSA) is 64.3 Å². The van der Waals surface area contributed by atoms with E-state index in [0.717, 1.165) is 17.8 Å². The van der Waals surface area contributed by atoms with Gasteiger partial charge in [0.15, 0.2) is 11.6 Å². The summed E-state index contributed by atoms with van der Waals surface area (Å²) < 4.78 is 31.6. The van der Waals surface area contributed by atoms with Crippen LogP contribution >= 0.6 is 0 Å². The molecule has 0 spiro atoms. The van der Waals surface area contributed by atoms with Gasteiger partial charge in [0.2, 0.25) is 5.91 Å². The van der Waals surface area contributed by atoms with Gasteiger partial charge in [-0.05, 0) is 29.8 Å². The molecule has 6 heteroatoms. The first-order valence-corrected chi connectivity index (χ1v) is 6.70. The maximum absolute atomic E-state index is 13.5. The summed E-state index contributed by atoms with van der Waals surface area (Å²) in [5.74, 6) is -2.01. The van der Waals surface area contributed by atoms with Crippen LogP contribution in [0.1, 0.15) is 15.9 Å². The highest BCUT2D eigenvalue weighted by Crippen LogP contribution is 2.22. The van der Waals surface area contributed by atoms with Gasteiger partial charge < -0.3 is 15.8 Å². The fourth-order valence-electron chi connectivity index (χ4n) is 2.18. The van der Waals surface area contributed by atoms with Crippen molar-refractivity contribution in [3.8, 4) is 5.75 Å². The number of anilines is 1. The van der Waals surface area contributed by atoms with Gasteiger partial charge in [0.05, 0.1) is 6.61 Å². The Bertz CT molecular complexity index is 690. The molecule has 0 fully saturated rings. The number of halogens is 2. The smallest absolute Gasteiger partial charge is 0.249 e. The van der Waals surface area contributed by atoms with Crippen LogP contribution in [0.15, 0.2) is 36.4 Å². The van der Waals surface area contributed by atoms with E-state index in [4.69, 9.17) is 10.5 Å². The first-order valence-electron chi connectivity index (χ1n) is 6.70. The molecule has 0 aliphatic heterocycles. The SMILES string of the molecule is CNc1cccc(C(N)=O)c1CCOc1ccc(F)cc1F. The molecular formula is C16H16F2N2O2. The number of nitrogens with one attached hydrogen (secondary N) is 1. The minimum Gasteiger partial charge on any atom is -0.490 e. The van der Waals surface area contributed by atoms with Crippen LogP contribution in [0.4, 0.5) is 14.5 Å². The molecule has 2 aromatic carbocycles. The second kappa shape index (κ2) is 6.89. The number of carbonyl (C=O) groups is 1. The molecule has 0 unspecified atom stereocenters. The zero-order valence-corrected chi connectivity index (χ0v) is 12.0. The van der Waals surface area contributed by atoms with E-state index in [9.17, 15) is 13.6 Å². The second-order valence-corrected chi connectivity index (χ2v) is 4.62. The Kier molecular flexibility index (Phi) is 4.93. The van der Waals surface area contributed by atoms with Gasteiger partial charge in [-0.25, -0.2) is 8.78 Å².